The maximum Gasteiger partial charge on any atom is 0.253 e. The summed E-state index contributed by atoms with van der Waals surface area (Å²) in [6.45, 7) is 6.24. The lowest BCUT2D eigenvalue weighted by atomic mass is 9.89. The van der Waals surface area contributed by atoms with Crippen LogP contribution in [0.2, 0.25) is 0 Å². The molecule has 1 aliphatic heterocycles. The molecule has 3 rings (SSSR count). The molecule has 2 N–H and O–H groups in total. The van der Waals surface area contributed by atoms with E-state index in [1.54, 1.807) is 31.1 Å². The molecular weight excluding hydrogens is 370 g/mol. The van der Waals surface area contributed by atoms with E-state index >= 15 is 0 Å². The van der Waals surface area contributed by atoms with Crippen LogP contribution in [0.15, 0.2) is 42.5 Å². The van der Waals surface area contributed by atoms with Gasteiger partial charge in [-0.15, -0.1) is 0 Å². The van der Waals surface area contributed by atoms with Crippen LogP contribution in [0.1, 0.15) is 47.8 Å². The van der Waals surface area contributed by atoms with E-state index in [0.717, 1.165) is 23.4 Å². The summed E-state index contributed by atoms with van der Waals surface area (Å²) < 4.78 is 6.12. The van der Waals surface area contributed by atoms with Crippen molar-refractivity contribution in [1.82, 2.24) is 10.2 Å². The van der Waals surface area contributed by atoms with E-state index in [0.29, 0.717) is 10.7 Å². The van der Waals surface area contributed by atoms with Crippen LogP contribution >= 0.6 is 12.2 Å². The second-order valence-corrected chi connectivity index (χ2v) is 8.44. The van der Waals surface area contributed by atoms with E-state index in [1.165, 1.54) is 5.56 Å². The van der Waals surface area contributed by atoms with Crippen molar-refractivity contribution in [2.45, 2.75) is 38.8 Å². The zero-order valence-electron chi connectivity index (χ0n) is 17.0. The number of carbonyl (C=O) groups is 1. The summed E-state index contributed by atoms with van der Waals surface area (Å²) in [7, 11) is 3.48. The highest BCUT2D eigenvalue weighted by Gasteiger charge is 2.34. The lowest BCUT2D eigenvalue weighted by Crippen LogP contribution is -2.42. The molecular formula is C22H27N3O2S. The Bertz CT molecular complexity index is 891. The van der Waals surface area contributed by atoms with E-state index in [2.05, 4.69) is 43.5 Å². The van der Waals surface area contributed by atoms with Gasteiger partial charge in [-0.05, 0) is 63.3 Å². The van der Waals surface area contributed by atoms with Gasteiger partial charge in [0.15, 0.2) is 5.11 Å². The monoisotopic (exact) mass is 397 g/mol. The highest BCUT2D eigenvalue weighted by atomic mass is 32.1. The van der Waals surface area contributed by atoms with Gasteiger partial charge in [-0.3, -0.25) is 4.79 Å². The van der Waals surface area contributed by atoms with Gasteiger partial charge in [0.2, 0.25) is 0 Å². The first kappa shape index (κ1) is 20.1. The first-order chi connectivity index (χ1) is 13.1. The number of aryl methyl sites for hydroxylation is 1. The van der Waals surface area contributed by atoms with E-state index in [4.69, 9.17) is 17.0 Å². The van der Waals surface area contributed by atoms with E-state index < -0.39 is 0 Å². The minimum Gasteiger partial charge on any atom is -0.487 e. The lowest BCUT2D eigenvalue weighted by Gasteiger charge is -2.38. The normalized spacial score (nSPS) is 17.1. The van der Waals surface area contributed by atoms with Gasteiger partial charge < -0.3 is 20.3 Å². The standard InChI is InChI=1S/C22H27N3O2S/c1-14-6-11-19-17(12-14)18(13-22(2,3)27-19)24-21(28)23-16-9-7-15(8-10-16)20(26)25(4)5/h6-12,18H,13H2,1-5H3,(H2,23,24,28)/t18-/m1/s1. The van der Waals surface area contributed by atoms with Crippen molar-refractivity contribution in [3.63, 3.8) is 0 Å². The number of hydrogen-bond donors (Lipinski definition) is 2. The van der Waals surface area contributed by atoms with Crippen molar-refractivity contribution in [2.75, 3.05) is 19.4 Å². The van der Waals surface area contributed by atoms with Crippen LogP contribution in [0, 0.1) is 6.92 Å². The van der Waals surface area contributed by atoms with Gasteiger partial charge in [-0.2, -0.15) is 0 Å². The molecule has 28 heavy (non-hydrogen) atoms. The molecule has 1 atom stereocenters. The Morgan fingerprint density at radius 3 is 2.50 bits per heavy atom. The summed E-state index contributed by atoms with van der Waals surface area (Å²) in [5.41, 5.74) is 3.52. The molecule has 0 aliphatic carbocycles. The van der Waals surface area contributed by atoms with Crippen LogP contribution in [-0.4, -0.2) is 35.6 Å². The van der Waals surface area contributed by atoms with Gasteiger partial charge in [0.05, 0.1) is 6.04 Å². The molecule has 0 saturated carbocycles. The highest BCUT2D eigenvalue weighted by molar-refractivity contribution is 7.80. The largest absolute Gasteiger partial charge is 0.487 e. The van der Waals surface area contributed by atoms with Crippen molar-refractivity contribution in [2.24, 2.45) is 0 Å². The minimum atomic E-state index is -0.274. The topological polar surface area (TPSA) is 53.6 Å². The molecule has 0 aromatic heterocycles. The fourth-order valence-corrected chi connectivity index (χ4v) is 3.64. The summed E-state index contributed by atoms with van der Waals surface area (Å²) in [6, 6.07) is 13.6. The number of amides is 1. The van der Waals surface area contributed by atoms with E-state index in [1.807, 2.05) is 18.2 Å². The Hall–Kier alpha value is -2.60. The number of fused-ring (bicyclic) bond motifs is 1. The SMILES string of the molecule is Cc1ccc2c(c1)[C@H](NC(=S)Nc1ccc(C(=O)N(C)C)cc1)CC(C)(C)O2. The van der Waals surface area contributed by atoms with Crippen molar-refractivity contribution in [1.29, 1.82) is 0 Å². The zero-order chi connectivity index (χ0) is 20.5. The Balaban J connectivity index is 1.71. The number of nitrogens with zero attached hydrogens (tertiary/aromatic N) is 1. The Labute approximate surface area is 172 Å². The average Bonchev–Trinajstić information content (AvgIpc) is 2.61. The van der Waals surface area contributed by atoms with Crippen LogP contribution in [0.25, 0.3) is 0 Å². The molecule has 1 amide bonds. The number of benzene rings is 2. The molecule has 0 radical (unpaired) electrons. The maximum atomic E-state index is 12.0. The Morgan fingerprint density at radius 1 is 1.18 bits per heavy atom. The smallest absolute Gasteiger partial charge is 0.253 e. The third kappa shape index (κ3) is 4.62. The average molecular weight is 398 g/mol. The summed E-state index contributed by atoms with van der Waals surface area (Å²) in [5, 5.41) is 7.18. The van der Waals surface area contributed by atoms with E-state index in [9.17, 15) is 4.79 Å². The van der Waals surface area contributed by atoms with Gasteiger partial charge in [0, 0.05) is 37.3 Å². The quantitative estimate of drug-likeness (QED) is 0.757. The third-order valence-corrected chi connectivity index (χ3v) is 4.94. The molecule has 1 aliphatic rings. The second kappa shape index (κ2) is 7.80. The third-order valence-electron chi connectivity index (χ3n) is 4.72. The van der Waals surface area contributed by atoms with Crippen molar-refractivity contribution in [3.8, 4) is 5.75 Å². The number of carbonyl (C=O) groups excluding carboxylic acids is 1. The van der Waals surface area contributed by atoms with Crippen LogP contribution in [0.5, 0.6) is 5.75 Å². The number of ether oxygens (including phenoxy) is 1. The predicted octanol–water partition coefficient (Wildman–Crippen LogP) is 4.29. The first-order valence-electron chi connectivity index (χ1n) is 9.33. The number of rotatable bonds is 3. The number of thiocarbonyl (C=S) groups is 1. The molecule has 2 aromatic carbocycles. The second-order valence-electron chi connectivity index (χ2n) is 8.04. The molecule has 1 heterocycles. The van der Waals surface area contributed by atoms with Crippen LogP contribution in [0.3, 0.4) is 0 Å². The van der Waals surface area contributed by atoms with Crippen molar-refractivity contribution < 1.29 is 9.53 Å². The van der Waals surface area contributed by atoms with Gasteiger partial charge >= 0.3 is 0 Å². The Morgan fingerprint density at radius 2 is 1.86 bits per heavy atom. The molecule has 0 fully saturated rings. The molecule has 0 unspecified atom stereocenters. The predicted molar refractivity (Wildman–Crippen MR) is 117 cm³/mol. The van der Waals surface area contributed by atoms with Crippen LogP contribution in [0.4, 0.5) is 5.69 Å². The fourth-order valence-electron chi connectivity index (χ4n) is 3.38. The Kier molecular flexibility index (Phi) is 5.61. The van der Waals surface area contributed by atoms with E-state index in [-0.39, 0.29) is 17.6 Å². The molecule has 2 aromatic rings. The lowest BCUT2D eigenvalue weighted by molar-refractivity contribution is 0.0696. The summed E-state index contributed by atoms with van der Waals surface area (Å²) >= 11 is 5.54. The molecule has 6 heteroatoms. The molecule has 148 valence electrons. The summed E-state index contributed by atoms with van der Waals surface area (Å²) in [4.78, 5) is 13.6. The maximum absolute atomic E-state index is 12.0. The molecule has 5 nitrogen and oxygen atoms in total. The molecule has 0 bridgehead atoms. The van der Waals surface area contributed by atoms with Gasteiger partial charge in [0.25, 0.3) is 5.91 Å². The number of nitrogens with one attached hydrogen (secondary N) is 2. The molecule has 0 spiro atoms. The molecule has 0 saturated heterocycles. The number of hydrogen-bond acceptors (Lipinski definition) is 3. The van der Waals surface area contributed by atoms with Crippen LogP contribution < -0.4 is 15.4 Å². The minimum absolute atomic E-state index is 0.0244. The van der Waals surface area contributed by atoms with Gasteiger partial charge in [-0.1, -0.05) is 17.7 Å². The van der Waals surface area contributed by atoms with Gasteiger partial charge in [0.1, 0.15) is 11.4 Å². The van der Waals surface area contributed by atoms with Gasteiger partial charge in [-0.25, -0.2) is 0 Å². The summed E-state index contributed by atoms with van der Waals surface area (Å²) in [5.74, 6) is 0.873. The van der Waals surface area contributed by atoms with Crippen molar-refractivity contribution in [3.05, 3.63) is 59.2 Å². The fraction of sp³-hybridized carbons (Fsp3) is 0.364. The van der Waals surface area contributed by atoms with Crippen molar-refractivity contribution >= 4 is 28.9 Å². The number of anilines is 1. The van der Waals surface area contributed by atoms with Crippen LogP contribution in [-0.2, 0) is 0 Å². The first-order valence-corrected chi connectivity index (χ1v) is 9.74. The summed E-state index contributed by atoms with van der Waals surface area (Å²) in [6.07, 6.45) is 0.807. The highest BCUT2D eigenvalue weighted by Crippen LogP contribution is 2.39. The zero-order valence-corrected chi connectivity index (χ0v) is 17.8.